The highest BCUT2D eigenvalue weighted by atomic mass is 35.5. The Balaban J connectivity index is 1.84. The number of nitrogens with zero attached hydrogens (tertiary/aromatic N) is 2. The first-order valence-electron chi connectivity index (χ1n) is 14.9. The van der Waals surface area contributed by atoms with E-state index in [9.17, 15) is 22.4 Å². The molecule has 10 heteroatoms. The summed E-state index contributed by atoms with van der Waals surface area (Å²) in [5, 5.41) is 3.29. The number of hydrogen-bond donors (Lipinski definition) is 1. The summed E-state index contributed by atoms with van der Waals surface area (Å²) in [7, 11) is -4.27. The SMILES string of the molecule is Cc1ccc(S(=O)(=O)N(CC(=O)N(Cc2ccc(F)cc2)C(Cc2ccccc2)C(=O)NC(C)(C)C)c2cc(Cl)ccc2C)cc1. The number of benzene rings is 4. The lowest BCUT2D eigenvalue weighted by Gasteiger charge is -2.35. The molecule has 1 N–H and O–H groups in total. The number of amides is 2. The van der Waals surface area contributed by atoms with Crippen LogP contribution in [0.2, 0.25) is 5.02 Å². The molecule has 242 valence electrons. The molecule has 1 unspecified atom stereocenters. The second-order valence-electron chi connectivity index (χ2n) is 12.3. The average molecular weight is 664 g/mol. The van der Waals surface area contributed by atoms with Crippen LogP contribution in [0.4, 0.5) is 10.1 Å². The smallest absolute Gasteiger partial charge is 0.264 e. The van der Waals surface area contributed by atoms with E-state index in [0.29, 0.717) is 16.1 Å². The van der Waals surface area contributed by atoms with Crippen LogP contribution in [0.3, 0.4) is 0 Å². The van der Waals surface area contributed by atoms with Gasteiger partial charge in [0.2, 0.25) is 11.8 Å². The summed E-state index contributed by atoms with van der Waals surface area (Å²) in [6, 6.07) is 25.1. The summed E-state index contributed by atoms with van der Waals surface area (Å²) in [4.78, 5) is 29.9. The summed E-state index contributed by atoms with van der Waals surface area (Å²) in [5.41, 5.74) is 2.47. The number of hydrogen-bond acceptors (Lipinski definition) is 4. The van der Waals surface area contributed by atoms with Crippen molar-refractivity contribution in [1.82, 2.24) is 10.2 Å². The van der Waals surface area contributed by atoms with Gasteiger partial charge in [0.1, 0.15) is 18.4 Å². The fourth-order valence-corrected chi connectivity index (χ4v) is 6.63. The number of rotatable bonds is 11. The Hall–Kier alpha value is -4.21. The van der Waals surface area contributed by atoms with Gasteiger partial charge in [-0.2, -0.15) is 0 Å². The van der Waals surface area contributed by atoms with E-state index in [4.69, 9.17) is 11.6 Å². The molecule has 0 bridgehead atoms. The van der Waals surface area contributed by atoms with Crippen LogP contribution in [0.1, 0.15) is 43.0 Å². The molecule has 46 heavy (non-hydrogen) atoms. The Morgan fingerprint density at radius 2 is 1.50 bits per heavy atom. The molecule has 7 nitrogen and oxygen atoms in total. The lowest BCUT2D eigenvalue weighted by atomic mass is 10.0. The van der Waals surface area contributed by atoms with E-state index in [1.807, 2.05) is 58.0 Å². The molecule has 4 aromatic carbocycles. The summed E-state index contributed by atoms with van der Waals surface area (Å²) in [6.07, 6.45) is 0.163. The number of nitrogens with one attached hydrogen (secondary N) is 1. The largest absolute Gasteiger partial charge is 0.350 e. The Bertz CT molecular complexity index is 1780. The second kappa shape index (κ2) is 14.5. The van der Waals surface area contributed by atoms with Crippen molar-refractivity contribution in [2.24, 2.45) is 0 Å². The monoisotopic (exact) mass is 663 g/mol. The fraction of sp³-hybridized carbons (Fsp3) is 0.278. The van der Waals surface area contributed by atoms with Crippen molar-refractivity contribution < 1.29 is 22.4 Å². The molecule has 0 heterocycles. The molecule has 2 amide bonds. The van der Waals surface area contributed by atoms with E-state index in [1.54, 1.807) is 43.3 Å². The Labute approximate surface area is 276 Å². The van der Waals surface area contributed by atoms with Gasteiger partial charge in [-0.1, -0.05) is 77.8 Å². The quantitative estimate of drug-likeness (QED) is 0.190. The Kier molecular flexibility index (Phi) is 10.9. The van der Waals surface area contributed by atoms with Gasteiger partial charge in [-0.15, -0.1) is 0 Å². The molecule has 4 rings (SSSR count). The molecule has 0 spiro atoms. The minimum absolute atomic E-state index is 0.00155. The van der Waals surface area contributed by atoms with Gasteiger partial charge in [-0.05, 0) is 87.7 Å². The highest BCUT2D eigenvalue weighted by Gasteiger charge is 2.36. The predicted molar refractivity (Wildman–Crippen MR) is 181 cm³/mol. The maximum absolute atomic E-state index is 14.6. The molecule has 0 saturated carbocycles. The van der Waals surface area contributed by atoms with Crippen molar-refractivity contribution in [2.45, 2.75) is 64.1 Å². The maximum Gasteiger partial charge on any atom is 0.264 e. The van der Waals surface area contributed by atoms with E-state index in [0.717, 1.165) is 15.4 Å². The van der Waals surface area contributed by atoms with Crippen LogP contribution in [-0.4, -0.2) is 43.3 Å². The summed E-state index contributed by atoms with van der Waals surface area (Å²) < 4.78 is 43.4. The first kappa shape index (κ1) is 34.7. The molecular weight excluding hydrogens is 625 g/mol. The average Bonchev–Trinajstić information content (AvgIpc) is 2.99. The minimum Gasteiger partial charge on any atom is -0.350 e. The molecule has 0 fully saturated rings. The van der Waals surface area contributed by atoms with Crippen LogP contribution in [0.25, 0.3) is 0 Å². The first-order chi connectivity index (χ1) is 21.6. The predicted octanol–water partition coefficient (Wildman–Crippen LogP) is 6.85. The number of carbonyl (C=O) groups is 2. The molecule has 0 saturated heterocycles. The number of halogens is 2. The van der Waals surface area contributed by atoms with Crippen molar-refractivity contribution in [3.8, 4) is 0 Å². The van der Waals surface area contributed by atoms with Crippen LogP contribution in [0, 0.1) is 19.7 Å². The summed E-state index contributed by atoms with van der Waals surface area (Å²) in [5.74, 6) is -1.47. The highest BCUT2D eigenvalue weighted by molar-refractivity contribution is 7.92. The van der Waals surface area contributed by atoms with Gasteiger partial charge in [0.25, 0.3) is 10.0 Å². The molecular formula is C36H39ClFN3O4S. The van der Waals surface area contributed by atoms with Crippen LogP contribution in [-0.2, 0) is 32.6 Å². The van der Waals surface area contributed by atoms with E-state index in [1.165, 1.54) is 35.2 Å². The third-order valence-corrected chi connectivity index (χ3v) is 9.37. The maximum atomic E-state index is 14.6. The van der Waals surface area contributed by atoms with Gasteiger partial charge >= 0.3 is 0 Å². The zero-order valence-corrected chi connectivity index (χ0v) is 28.2. The molecule has 0 aliphatic carbocycles. The normalized spacial score (nSPS) is 12.3. The van der Waals surface area contributed by atoms with Gasteiger partial charge in [0, 0.05) is 23.5 Å². The van der Waals surface area contributed by atoms with Crippen molar-refractivity contribution in [3.05, 3.63) is 130 Å². The molecule has 4 aromatic rings. The van der Waals surface area contributed by atoms with E-state index < -0.39 is 45.8 Å². The van der Waals surface area contributed by atoms with Gasteiger partial charge in [0.05, 0.1) is 10.6 Å². The molecule has 0 aliphatic heterocycles. The van der Waals surface area contributed by atoms with E-state index >= 15 is 0 Å². The zero-order chi connectivity index (χ0) is 33.6. The van der Waals surface area contributed by atoms with E-state index in [2.05, 4.69) is 5.32 Å². The standard InChI is InChI=1S/C36H39ClFN3O4S/c1-25-11-19-31(20-12-25)46(44,45)41(32-22-29(37)16-13-26(32)2)24-34(42)40(23-28-14-17-30(38)18-15-28)33(35(43)39-36(3,4)5)21-27-9-7-6-8-10-27/h6-20,22,33H,21,23-24H2,1-5H3,(H,39,43). The van der Waals surface area contributed by atoms with Gasteiger partial charge in [-0.25, -0.2) is 12.8 Å². The highest BCUT2D eigenvalue weighted by Crippen LogP contribution is 2.30. The van der Waals surface area contributed by atoms with Crippen molar-refractivity contribution in [3.63, 3.8) is 0 Å². The Morgan fingerprint density at radius 3 is 2.11 bits per heavy atom. The number of carbonyl (C=O) groups excluding carboxylic acids is 2. The molecule has 1 atom stereocenters. The van der Waals surface area contributed by atoms with Crippen molar-refractivity contribution in [2.75, 3.05) is 10.8 Å². The van der Waals surface area contributed by atoms with Gasteiger partial charge in [-0.3, -0.25) is 13.9 Å². The second-order valence-corrected chi connectivity index (χ2v) is 14.6. The van der Waals surface area contributed by atoms with Crippen LogP contribution in [0.5, 0.6) is 0 Å². The zero-order valence-electron chi connectivity index (χ0n) is 26.6. The van der Waals surface area contributed by atoms with Crippen LogP contribution >= 0.6 is 11.6 Å². The lowest BCUT2D eigenvalue weighted by molar-refractivity contribution is -0.140. The van der Waals surface area contributed by atoms with Crippen LogP contribution < -0.4 is 9.62 Å². The van der Waals surface area contributed by atoms with Gasteiger partial charge in [0.15, 0.2) is 0 Å². The molecule has 0 aliphatic rings. The number of aryl methyl sites for hydroxylation is 2. The minimum atomic E-state index is -4.27. The molecule has 0 radical (unpaired) electrons. The van der Waals surface area contributed by atoms with E-state index in [-0.39, 0.29) is 23.5 Å². The summed E-state index contributed by atoms with van der Waals surface area (Å²) >= 11 is 6.34. The van der Waals surface area contributed by atoms with Gasteiger partial charge < -0.3 is 10.2 Å². The third-order valence-electron chi connectivity index (χ3n) is 7.36. The topological polar surface area (TPSA) is 86.8 Å². The summed E-state index contributed by atoms with van der Waals surface area (Å²) in [6.45, 7) is 8.42. The van der Waals surface area contributed by atoms with Crippen molar-refractivity contribution in [1.29, 1.82) is 0 Å². The number of anilines is 1. The third kappa shape index (κ3) is 8.95. The van der Waals surface area contributed by atoms with Crippen molar-refractivity contribution >= 4 is 39.1 Å². The Morgan fingerprint density at radius 1 is 0.870 bits per heavy atom. The number of sulfonamides is 1. The lowest BCUT2D eigenvalue weighted by Crippen LogP contribution is -2.56. The first-order valence-corrected chi connectivity index (χ1v) is 16.7. The molecule has 0 aromatic heterocycles. The fourth-order valence-electron chi connectivity index (χ4n) is 5.00. The van der Waals surface area contributed by atoms with Crippen LogP contribution in [0.15, 0.2) is 102 Å².